The Hall–Kier alpha value is -2.86. The molecule has 2 aromatic carbocycles. The minimum atomic E-state index is -0.440. The van der Waals surface area contributed by atoms with Gasteiger partial charge in [0.15, 0.2) is 0 Å². The zero-order valence-corrected chi connectivity index (χ0v) is 13.6. The molecule has 122 valence electrons. The van der Waals surface area contributed by atoms with Crippen molar-refractivity contribution in [2.75, 3.05) is 12.4 Å². The number of carbonyl (C=O) groups is 1. The van der Waals surface area contributed by atoms with Gasteiger partial charge in [0.2, 0.25) is 5.89 Å². The highest BCUT2D eigenvalue weighted by Gasteiger charge is 2.16. The summed E-state index contributed by atoms with van der Waals surface area (Å²) in [6.07, 6.45) is 0.490. The maximum atomic E-state index is 12.3. The molecule has 1 heterocycles. The van der Waals surface area contributed by atoms with Gasteiger partial charge in [0, 0.05) is 5.02 Å². The van der Waals surface area contributed by atoms with Crippen molar-refractivity contribution in [3.8, 4) is 5.75 Å². The van der Waals surface area contributed by atoms with Gasteiger partial charge < -0.3 is 9.15 Å². The zero-order chi connectivity index (χ0) is 16.9. The fourth-order valence-corrected chi connectivity index (χ4v) is 2.34. The molecule has 7 heteroatoms. The predicted molar refractivity (Wildman–Crippen MR) is 89.5 cm³/mol. The van der Waals surface area contributed by atoms with E-state index in [0.29, 0.717) is 23.1 Å². The molecular weight excluding hydrogens is 330 g/mol. The number of hydrogen-bond donors (Lipinski definition) is 1. The Morgan fingerprint density at radius 3 is 2.75 bits per heavy atom. The maximum Gasteiger partial charge on any atom is 0.322 e. The Bertz CT molecular complexity index is 849. The molecule has 0 aliphatic heterocycles. The number of carbonyl (C=O) groups excluding carboxylic acids is 1. The number of aromatic nitrogens is 2. The van der Waals surface area contributed by atoms with Crippen LogP contribution in [0.4, 0.5) is 6.01 Å². The fraction of sp³-hybridized carbons (Fsp3) is 0.118. The second-order valence-corrected chi connectivity index (χ2v) is 5.40. The first-order valence-corrected chi connectivity index (χ1v) is 7.54. The minimum absolute atomic E-state index is 0.0213. The summed E-state index contributed by atoms with van der Waals surface area (Å²) in [6, 6.07) is 14.5. The van der Waals surface area contributed by atoms with Crippen molar-refractivity contribution in [1.82, 2.24) is 10.2 Å². The van der Waals surface area contributed by atoms with Crippen LogP contribution in [0.25, 0.3) is 0 Å². The van der Waals surface area contributed by atoms with Crippen LogP contribution >= 0.6 is 11.6 Å². The lowest BCUT2D eigenvalue weighted by Gasteiger charge is -2.07. The third-order valence-electron chi connectivity index (χ3n) is 3.29. The molecule has 0 fully saturated rings. The molecule has 0 radical (unpaired) electrons. The summed E-state index contributed by atoms with van der Waals surface area (Å²) in [7, 11) is 1.48. The van der Waals surface area contributed by atoms with Crippen molar-refractivity contribution < 1.29 is 13.9 Å². The number of nitrogens with zero attached hydrogens (tertiary/aromatic N) is 2. The Labute approximate surface area is 143 Å². The van der Waals surface area contributed by atoms with Crippen LogP contribution in [0.1, 0.15) is 21.8 Å². The van der Waals surface area contributed by atoms with E-state index >= 15 is 0 Å². The first-order valence-electron chi connectivity index (χ1n) is 7.17. The van der Waals surface area contributed by atoms with Crippen LogP contribution in [0.3, 0.4) is 0 Å². The van der Waals surface area contributed by atoms with Gasteiger partial charge in [-0.05, 0) is 23.8 Å². The number of halogens is 1. The average molecular weight is 344 g/mol. The molecule has 1 amide bonds. The van der Waals surface area contributed by atoms with Gasteiger partial charge in [-0.15, -0.1) is 5.10 Å². The molecule has 1 aromatic heterocycles. The molecule has 3 rings (SSSR count). The van der Waals surface area contributed by atoms with E-state index in [2.05, 4.69) is 15.5 Å². The van der Waals surface area contributed by atoms with Gasteiger partial charge in [0.25, 0.3) is 5.91 Å². The van der Waals surface area contributed by atoms with Crippen molar-refractivity contribution in [3.05, 3.63) is 70.6 Å². The van der Waals surface area contributed by atoms with Crippen LogP contribution in [0, 0.1) is 0 Å². The Morgan fingerprint density at radius 1 is 1.21 bits per heavy atom. The van der Waals surface area contributed by atoms with Crippen LogP contribution in [0.5, 0.6) is 5.75 Å². The first-order chi connectivity index (χ1) is 11.7. The minimum Gasteiger partial charge on any atom is -0.496 e. The van der Waals surface area contributed by atoms with Crippen molar-refractivity contribution >= 4 is 23.5 Å². The highest BCUT2D eigenvalue weighted by Crippen LogP contribution is 2.23. The molecule has 1 N–H and O–H groups in total. The number of amides is 1. The predicted octanol–water partition coefficient (Wildman–Crippen LogP) is 3.57. The Balaban J connectivity index is 1.73. The van der Waals surface area contributed by atoms with Crippen LogP contribution in [-0.4, -0.2) is 23.2 Å². The van der Waals surface area contributed by atoms with Crippen LogP contribution in [-0.2, 0) is 6.42 Å². The second-order valence-electron chi connectivity index (χ2n) is 4.96. The third kappa shape index (κ3) is 3.72. The number of anilines is 1. The van der Waals surface area contributed by atoms with Gasteiger partial charge in [-0.1, -0.05) is 47.0 Å². The summed E-state index contributed by atoms with van der Waals surface area (Å²) >= 11 is 5.93. The molecule has 0 saturated carbocycles. The lowest BCUT2D eigenvalue weighted by molar-refractivity contribution is 0.102. The average Bonchev–Trinajstić information content (AvgIpc) is 3.02. The highest BCUT2D eigenvalue weighted by molar-refractivity contribution is 6.31. The number of nitrogens with one attached hydrogen (secondary N) is 1. The van der Waals surface area contributed by atoms with Crippen molar-refractivity contribution in [2.24, 2.45) is 0 Å². The van der Waals surface area contributed by atoms with E-state index in [-0.39, 0.29) is 11.6 Å². The molecular formula is C17H14ClN3O3. The summed E-state index contributed by atoms with van der Waals surface area (Å²) in [5.41, 5.74) is 1.32. The summed E-state index contributed by atoms with van der Waals surface area (Å²) in [4.78, 5) is 12.3. The molecule has 6 nitrogen and oxygen atoms in total. The summed E-state index contributed by atoms with van der Waals surface area (Å²) in [5.74, 6) is 0.375. The van der Waals surface area contributed by atoms with E-state index < -0.39 is 5.91 Å². The normalized spacial score (nSPS) is 10.4. The van der Waals surface area contributed by atoms with Crippen LogP contribution in [0.2, 0.25) is 5.02 Å². The summed E-state index contributed by atoms with van der Waals surface area (Å²) in [5, 5.41) is 10.7. The van der Waals surface area contributed by atoms with E-state index in [1.807, 2.05) is 30.3 Å². The lowest BCUT2D eigenvalue weighted by Crippen LogP contribution is -2.13. The Morgan fingerprint density at radius 2 is 2.00 bits per heavy atom. The standard InChI is InChI=1S/C17H14ClN3O3/c1-23-14-8-7-12(18)10-13(14)16(22)19-17-21-20-15(24-17)9-11-5-3-2-4-6-11/h2-8,10H,9H2,1H3,(H,19,21,22). The molecule has 0 atom stereocenters. The highest BCUT2D eigenvalue weighted by atomic mass is 35.5. The van der Waals surface area contributed by atoms with Gasteiger partial charge in [-0.3, -0.25) is 10.1 Å². The van der Waals surface area contributed by atoms with Crippen LogP contribution < -0.4 is 10.1 Å². The van der Waals surface area contributed by atoms with Gasteiger partial charge in [-0.2, -0.15) is 0 Å². The topological polar surface area (TPSA) is 77.2 Å². The zero-order valence-electron chi connectivity index (χ0n) is 12.8. The van der Waals surface area contributed by atoms with E-state index in [0.717, 1.165) is 5.56 Å². The smallest absolute Gasteiger partial charge is 0.322 e. The van der Waals surface area contributed by atoms with Gasteiger partial charge in [0.05, 0.1) is 19.1 Å². The number of hydrogen-bond acceptors (Lipinski definition) is 5. The van der Waals surface area contributed by atoms with E-state index in [9.17, 15) is 4.79 Å². The monoisotopic (exact) mass is 343 g/mol. The SMILES string of the molecule is COc1ccc(Cl)cc1C(=O)Nc1nnc(Cc2ccccc2)o1. The molecule has 0 bridgehead atoms. The maximum absolute atomic E-state index is 12.3. The molecule has 24 heavy (non-hydrogen) atoms. The summed E-state index contributed by atoms with van der Waals surface area (Å²) < 4.78 is 10.6. The number of ether oxygens (including phenoxy) is 1. The Kier molecular flexibility index (Phi) is 4.77. The van der Waals surface area contributed by atoms with Crippen molar-refractivity contribution in [3.63, 3.8) is 0 Å². The second kappa shape index (κ2) is 7.14. The van der Waals surface area contributed by atoms with E-state index in [1.165, 1.54) is 13.2 Å². The number of methoxy groups -OCH3 is 1. The molecule has 0 spiro atoms. The van der Waals surface area contributed by atoms with Crippen LogP contribution in [0.15, 0.2) is 52.9 Å². The van der Waals surface area contributed by atoms with E-state index in [4.69, 9.17) is 20.8 Å². The van der Waals surface area contributed by atoms with Gasteiger partial charge >= 0.3 is 6.01 Å². The first kappa shape index (κ1) is 16.0. The van der Waals surface area contributed by atoms with Gasteiger partial charge in [0.1, 0.15) is 5.75 Å². The molecule has 3 aromatic rings. The number of rotatable bonds is 5. The third-order valence-corrected chi connectivity index (χ3v) is 3.53. The van der Waals surface area contributed by atoms with Crippen molar-refractivity contribution in [1.29, 1.82) is 0 Å². The largest absolute Gasteiger partial charge is 0.496 e. The van der Waals surface area contributed by atoms with Gasteiger partial charge in [-0.25, -0.2) is 0 Å². The molecule has 0 aliphatic rings. The van der Waals surface area contributed by atoms with E-state index in [1.54, 1.807) is 12.1 Å². The fourth-order valence-electron chi connectivity index (χ4n) is 2.17. The lowest BCUT2D eigenvalue weighted by atomic mass is 10.2. The molecule has 0 saturated heterocycles. The summed E-state index contributed by atoms with van der Waals surface area (Å²) in [6.45, 7) is 0. The number of benzene rings is 2. The quantitative estimate of drug-likeness (QED) is 0.766. The van der Waals surface area contributed by atoms with Crippen molar-refractivity contribution in [2.45, 2.75) is 6.42 Å². The molecule has 0 aliphatic carbocycles. The molecule has 0 unspecified atom stereocenters.